The van der Waals surface area contributed by atoms with Crippen LogP contribution in [0.1, 0.15) is 30.6 Å². The van der Waals surface area contributed by atoms with Crippen molar-refractivity contribution in [2.75, 3.05) is 0 Å². The largest absolute Gasteiger partial charge is 0.350 e. The molecule has 17 heavy (non-hydrogen) atoms. The van der Waals surface area contributed by atoms with E-state index in [1.54, 1.807) is 19.3 Å². The summed E-state index contributed by atoms with van der Waals surface area (Å²) in [5.41, 5.74) is 0.179. The average molecular weight is 257 g/mol. The smallest absolute Gasteiger partial charge is 0.251 e. The number of nitrogens with zero attached hydrogens (tertiary/aromatic N) is 1. The van der Waals surface area contributed by atoms with Crippen molar-refractivity contribution in [3.63, 3.8) is 0 Å². The molecule has 1 N–H and O–H groups in total. The van der Waals surface area contributed by atoms with Crippen LogP contribution < -0.4 is 10.9 Å². The lowest BCUT2D eigenvalue weighted by molar-refractivity contribution is 0.0938. The molecule has 0 aromatic carbocycles. The molecule has 0 fully saturated rings. The second-order valence-corrected chi connectivity index (χ2v) is 5.00. The second kappa shape index (κ2) is 5.87. The van der Waals surface area contributed by atoms with Gasteiger partial charge in [-0.1, -0.05) is 0 Å². The maximum Gasteiger partial charge on any atom is 0.251 e. The zero-order valence-electron chi connectivity index (χ0n) is 10.2. The number of carbonyl (C=O) groups excluding carboxylic acids is 1. The highest BCUT2D eigenvalue weighted by atomic mass is 35.5. The lowest BCUT2D eigenvalue weighted by Crippen LogP contribution is -2.34. The first kappa shape index (κ1) is 13.8. The Balaban J connectivity index is 2.70. The third-order valence-electron chi connectivity index (χ3n) is 2.42. The predicted octanol–water partition coefficient (Wildman–Crippen LogP) is 1.52. The minimum Gasteiger partial charge on any atom is -0.350 e. The summed E-state index contributed by atoms with van der Waals surface area (Å²) in [7, 11) is 1.64. The van der Waals surface area contributed by atoms with Gasteiger partial charge in [0.25, 0.3) is 11.5 Å². The van der Waals surface area contributed by atoms with E-state index >= 15 is 0 Å². The molecule has 1 heterocycles. The number of hydrogen-bond donors (Lipinski definition) is 1. The molecular formula is C12H17ClN2O2. The minimum absolute atomic E-state index is 0.00828. The van der Waals surface area contributed by atoms with Gasteiger partial charge in [0, 0.05) is 36.3 Å². The molecule has 5 heteroatoms. The third-order valence-corrected chi connectivity index (χ3v) is 2.60. The van der Waals surface area contributed by atoms with E-state index in [1.807, 2.05) is 13.8 Å². The molecule has 1 aromatic heterocycles. The van der Waals surface area contributed by atoms with Gasteiger partial charge in [0.2, 0.25) is 0 Å². The predicted molar refractivity (Wildman–Crippen MR) is 68.5 cm³/mol. The zero-order chi connectivity index (χ0) is 13.0. The quantitative estimate of drug-likeness (QED) is 0.831. The fourth-order valence-corrected chi connectivity index (χ4v) is 1.81. The number of hydrogen-bond acceptors (Lipinski definition) is 2. The number of halogens is 1. The van der Waals surface area contributed by atoms with Crippen LogP contribution in [0.15, 0.2) is 23.1 Å². The van der Waals surface area contributed by atoms with Gasteiger partial charge in [-0.15, -0.1) is 11.6 Å². The Morgan fingerprint density at radius 2 is 2.18 bits per heavy atom. The Morgan fingerprint density at radius 1 is 1.53 bits per heavy atom. The molecule has 0 aliphatic rings. The molecule has 1 rings (SSSR count). The van der Waals surface area contributed by atoms with Crippen LogP contribution in [0, 0.1) is 0 Å². The second-order valence-electron chi connectivity index (χ2n) is 4.26. The van der Waals surface area contributed by atoms with Gasteiger partial charge in [-0.25, -0.2) is 0 Å². The van der Waals surface area contributed by atoms with Gasteiger partial charge < -0.3 is 9.88 Å². The molecule has 0 aliphatic heterocycles. The van der Waals surface area contributed by atoms with Gasteiger partial charge in [-0.2, -0.15) is 0 Å². The van der Waals surface area contributed by atoms with E-state index in [1.165, 1.54) is 10.6 Å². The highest BCUT2D eigenvalue weighted by Gasteiger charge is 2.12. The van der Waals surface area contributed by atoms with E-state index in [9.17, 15) is 9.59 Å². The molecule has 94 valence electrons. The van der Waals surface area contributed by atoms with Gasteiger partial charge in [0.05, 0.1) is 0 Å². The number of alkyl halides is 1. The van der Waals surface area contributed by atoms with E-state index in [0.717, 1.165) is 0 Å². The summed E-state index contributed by atoms with van der Waals surface area (Å²) >= 11 is 5.84. The SMILES string of the molecule is CC(Cl)CC(C)NC(=O)c1ccn(C)c(=O)c1. The fourth-order valence-electron chi connectivity index (χ4n) is 1.54. The Labute approximate surface area is 106 Å². The number of nitrogens with one attached hydrogen (secondary N) is 1. The minimum atomic E-state index is -0.243. The van der Waals surface area contributed by atoms with Gasteiger partial charge in [-0.05, 0) is 26.3 Å². The third kappa shape index (κ3) is 4.23. The molecule has 1 amide bonds. The van der Waals surface area contributed by atoms with Gasteiger partial charge in [0.1, 0.15) is 0 Å². The Kier molecular flexibility index (Phi) is 4.75. The summed E-state index contributed by atoms with van der Waals surface area (Å²) in [5.74, 6) is -0.243. The van der Waals surface area contributed by atoms with Gasteiger partial charge in [0.15, 0.2) is 0 Å². The first-order chi connectivity index (χ1) is 7.90. The summed E-state index contributed by atoms with van der Waals surface area (Å²) in [6.07, 6.45) is 2.27. The van der Waals surface area contributed by atoms with E-state index in [4.69, 9.17) is 11.6 Å². The van der Waals surface area contributed by atoms with Crippen molar-refractivity contribution in [3.05, 3.63) is 34.2 Å². The van der Waals surface area contributed by atoms with Crippen LogP contribution >= 0.6 is 11.6 Å². The van der Waals surface area contributed by atoms with Crippen molar-refractivity contribution in [1.29, 1.82) is 0 Å². The standard InChI is InChI=1S/C12H17ClN2O2/c1-8(13)6-9(2)14-12(17)10-4-5-15(3)11(16)7-10/h4-5,7-9H,6H2,1-3H3,(H,14,17). The number of aromatic nitrogens is 1. The summed E-state index contributed by atoms with van der Waals surface area (Å²) < 4.78 is 1.42. The maximum absolute atomic E-state index is 11.8. The Bertz CT molecular complexity index is 454. The first-order valence-corrected chi connectivity index (χ1v) is 5.95. The van der Waals surface area contributed by atoms with Crippen LogP contribution in [-0.2, 0) is 7.05 Å². The maximum atomic E-state index is 11.8. The van der Waals surface area contributed by atoms with Crippen LogP contribution in [0.25, 0.3) is 0 Å². The van der Waals surface area contributed by atoms with Crippen molar-refractivity contribution < 1.29 is 4.79 Å². The highest BCUT2D eigenvalue weighted by Crippen LogP contribution is 2.05. The van der Waals surface area contributed by atoms with Crippen LogP contribution in [0.5, 0.6) is 0 Å². The van der Waals surface area contributed by atoms with Gasteiger partial charge >= 0.3 is 0 Å². The molecule has 0 radical (unpaired) electrons. The number of pyridine rings is 1. The van der Waals surface area contributed by atoms with Crippen molar-refractivity contribution in [3.8, 4) is 0 Å². The number of amides is 1. The van der Waals surface area contributed by atoms with Crippen LogP contribution in [0.3, 0.4) is 0 Å². The zero-order valence-corrected chi connectivity index (χ0v) is 11.0. The fraction of sp³-hybridized carbons (Fsp3) is 0.500. The summed E-state index contributed by atoms with van der Waals surface area (Å²) in [4.78, 5) is 23.2. The molecular weight excluding hydrogens is 240 g/mol. The number of carbonyl (C=O) groups is 1. The highest BCUT2D eigenvalue weighted by molar-refractivity contribution is 6.20. The molecule has 0 bridgehead atoms. The van der Waals surface area contributed by atoms with Crippen molar-refractivity contribution in [1.82, 2.24) is 9.88 Å². The molecule has 0 saturated heterocycles. The van der Waals surface area contributed by atoms with Crippen LogP contribution in [0.2, 0.25) is 0 Å². The molecule has 4 nitrogen and oxygen atoms in total. The van der Waals surface area contributed by atoms with Crippen LogP contribution in [-0.4, -0.2) is 21.9 Å². The molecule has 0 saturated carbocycles. The molecule has 0 aliphatic carbocycles. The molecule has 1 aromatic rings. The molecule has 0 spiro atoms. The normalized spacial score (nSPS) is 14.1. The Morgan fingerprint density at radius 3 is 2.71 bits per heavy atom. The lowest BCUT2D eigenvalue weighted by atomic mass is 10.1. The van der Waals surface area contributed by atoms with E-state index in [0.29, 0.717) is 12.0 Å². The monoisotopic (exact) mass is 256 g/mol. The summed E-state index contributed by atoms with van der Waals surface area (Å²) in [6, 6.07) is 2.93. The van der Waals surface area contributed by atoms with Crippen molar-refractivity contribution in [2.24, 2.45) is 7.05 Å². The van der Waals surface area contributed by atoms with Gasteiger partial charge in [-0.3, -0.25) is 9.59 Å². The first-order valence-electron chi connectivity index (χ1n) is 5.51. The average Bonchev–Trinajstić information content (AvgIpc) is 2.20. The Hall–Kier alpha value is -1.29. The van der Waals surface area contributed by atoms with E-state index in [2.05, 4.69) is 5.32 Å². The van der Waals surface area contributed by atoms with Crippen molar-refractivity contribution in [2.45, 2.75) is 31.7 Å². The summed E-state index contributed by atoms with van der Waals surface area (Å²) in [5, 5.41) is 2.81. The lowest BCUT2D eigenvalue weighted by Gasteiger charge is -2.15. The van der Waals surface area contributed by atoms with Crippen LogP contribution in [0.4, 0.5) is 0 Å². The number of rotatable bonds is 4. The molecule has 2 atom stereocenters. The van der Waals surface area contributed by atoms with E-state index < -0.39 is 0 Å². The molecule has 2 unspecified atom stereocenters. The van der Waals surface area contributed by atoms with E-state index in [-0.39, 0.29) is 22.9 Å². The van der Waals surface area contributed by atoms with Crippen molar-refractivity contribution >= 4 is 17.5 Å². The topological polar surface area (TPSA) is 51.1 Å². The number of aryl methyl sites for hydroxylation is 1. The summed E-state index contributed by atoms with van der Waals surface area (Å²) in [6.45, 7) is 3.76.